The number of aliphatic imine (C=N–C) groups is 1. The fraction of sp³-hybridized carbons (Fsp3) is 0.516. The number of nitrogens with zero attached hydrogens (tertiary/aromatic N) is 2. The first-order chi connectivity index (χ1) is 22.0. The maximum Gasteiger partial charge on any atom is 0.408 e. The molecule has 1 aliphatic heterocycles. The molecular formula is C31H44N8O8. The third kappa shape index (κ3) is 11.0. The summed E-state index contributed by atoms with van der Waals surface area (Å²) in [6, 6.07) is 3.40. The van der Waals surface area contributed by atoms with Crippen molar-refractivity contribution < 1.29 is 33.1 Å². The third-order valence-electron chi connectivity index (χ3n) is 7.21. The molecule has 47 heavy (non-hydrogen) atoms. The van der Waals surface area contributed by atoms with Gasteiger partial charge in [0, 0.05) is 36.3 Å². The minimum absolute atomic E-state index is 0.106. The Hall–Kier alpha value is -5.15. The number of carbonyl (C=O) groups is 5. The van der Waals surface area contributed by atoms with E-state index in [9.17, 15) is 28.8 Å². The molecule has 0 radical (unpaired) electrons. The highest BCUT2D eigenvalue weighted by atomic mass is 16.6. The van der Waals surface area contributed by atoms with Gasteiger partial charge in [0.2, 0.25) is 23.6 Å². The summed E-state index contributed by atoms with van der Waals surface area (Å²) in [6.45, 7) is 8.38. The lowest BCUT2D eigenvalue weighted by Crippen LogP contribution is -2.54. The van der Waals surface area contributed by atoms with E-state index in [1.165, 1.54) is 24.0 Å². The zero-order chi connectivity index (χ0) is 34.9. The maximum atomic E-state index is 13.4. The van der Waals surface area contributed by atoms with Crippen molar-refractivity contribution in [3.63, 3.8) is 0 Å². The van der Waals surface area contributed by atoms with Gasteiger partial charge in [0.05, 0.1) is 6.54 Å². The SMILES string of the molecule is Cc1cc(=O)oc2cc(NC(=O)[C@H](CCCN=C(N)N)NC(=O)[C@@H]3CCCN3C(=O)CNC(=O)[C@H](C)NC(=O)OC(C)(C)C)ccc12. The predicted octanol–water partition coefficient (Wildman–Crippen LogP) is 0.599. The highest BCUT2D eigenvalue weighted by Gasteiger charge is 2.36. The van der Waals surface area contributed by atoms with E-state index < -0.39 is 65.6 Å². The number of aryl methyl sites for hydroxylation is 1. The second kappa shape index (κ2) is 15.9. The van der Waals surface area contributed by atoms with Gasteiger partial charge in [-0.25, -0.2) is 9.59 Å². The summed E-state index contributed by atoms with van der Waals surface area (Å²) in [5, 5.41) is 11.1. The molecule has 0 spiro atoms. The van der Waals surface area contributed by atoms with Crippen LogP contribution in [0.4, 0.5) is 10.5 Å². The predicted molar refractivity (Wildman–Crippen MR) is 174 cm³/mol. The Kier molecular flexibility index (Phi) is 12.3. The van der Waals surface area contributed by atoms with Gasteiger partial charge in [-0.2, -0.15) is 0 Å². The molecule has 5 amide bonds. The molecule has 256 valence electrons. The van der Waals surface area contributed by atoms with E-state index in [0.29, 0.717) is 35.9 Å². The number of hydrogen-bond donors (Lipinski definition) is 6. The van der Waals surface area contributed by atoms with Crippen molar-refractivity contribution in [3.05, 3.63) is 40.2 Å². The zero-order valence-corrected chi connectivity index (χ0v) is 27.3. The van der Waals surface area contributed by atoms with Crippen LogP contribution in [0.5, 0.6) is 0 Å². The second-order valence-electron chi connectivity index (χ2n) is 12.3. The first kappa shape index (κ1) is 36.3. The molecular weight excluding hydrogens is 612 g/mol. The van der Waals surface area contributed by atoms with Crippen molar-refractivity contribution >= 4 is 52.3 Å². The fourth-order valence-electron chi connectivity index (χ4n) is 4.98. The molecule has 1 saturated heterocycles. The van der Waals surface area contributed by atoms with Gasteiger partial charge in [0.15, 0.2) is 5.96 Å². The first-order valence-electron chi connectivity index (χ1n) is 15.3. The summed E-state index contributed by atoms with van der Waals surface area (Å²) in [6.07, 6.45) is 0.652. The Morgan fingerprint density at radius 1 is 1.11 bits per heavy atom. The largest absolute Gasteiger partial charge is 0.444 e. The normalized spacial score (nSPS) is 15.7. The standard InChI is InChI=1S/C31H44N8O8/c1-17-14-25(41)46-23-15-19(10-11-20(17)23)37-27(43)21(8-6-12-34-29(32)33)38-28(44)22-9-7-13-39(22)24(40)16-35-26(42)18(2)36-30(45)47-31(3,4)5/h10-11,14-15,18,21-22H,6-9,12-13,16H2,1-5H3,(H,35,42)(H,36,45)(H,37,43)(H,38,44)(H4,32,33,34)/t18-,21-,22-/m0/s1. The van der Waals surface area contributed by atoms with Crippen LogP contribution in [0.25, 0.3) is 11.0 Å². The summed E-state index contributed by atoms with van der Waals surface area (Å²) in [7, 11) is 0. The van der Waals surface area contributed by atoms with Crippen LogP contribution in [0.1, 0.15) is 58.9 Å². The van der Waals surface area contributed by atoms with Crippen LogP contribution >= 0.6 is 0 Å². The van der Waals surface area contributed by atoms with Crippen LogP contribution < -0.4 is 38.4 Å². The molecule has 2 aromatic rings. The molecule has 1 aromatic carbocycles. The molecule has 1 aromatic heterocycles. The Morgan fingerprint density at radius 2 is 1.83 bits per heavy atom. The molecule has 8 N–H and O–H groups in total. The fourth-order valence-corrected chi connectivity index (χ4v) is 4.98. The lowest BCUT2D eigenvalue weighted by molar-refractivity contribution is -0.139. The number of hydrogen-bond acceptors (Lipinski definition) is 9. The van der Waals surface area contributed by atoms with E-state index in [1.807, 2.05) is 0 Å². The number of guanidine groups is 1. The molecule has 1 aliphatic rings. The number of anilines is 1. The minimum atomic E-state index is -1.02. The second-order valence-corrected chi connectivity index (χ2v) is 12.3. The average Bonchev–Trinajstić information content (AvgIpc) is 3.46. The van der Waals surface area contributed by atoms with E-state index in [4.69, 9.17) is 20.6 Å². The number of alkyl carbamates (subject to hydrolysis) is 1. The zero-order valence-electron chi connectivity index (χ0n) is 27.3. The Bertz CT molecular complexity index is 1580. The number of carbonyl (C=O) groups excluding carboxylic acids is 5. The lowest BCUT2D eigenvalue weighted by Gasteiger charge is -2.27. The molecule has 0 bridgehead atoms. The van der Waals surface area contributed by atoms with Crippen LogP contribution in [-0.4, -0.2) is 83.9 Å². The first-order valence-corrected chi connectivity index (χ1v) is 15.3. The highest BCUT2D eigenvalue weighted by molar-refractivity contribution is 6.00. The summed E-state index contributed by atoms with van der Waals surface area (Å²) in [4.78, 5) is 81.5. The van der Waals surface area contributed by atoms with E-state index in [-0.39, 0.29) is 25.5 Å². The molecule has 0 aliphatic carbocycles. The van der Waals surface area contributed by atoms with Crippen molar-refractivity contribution in [1.82, 2.24) is 20.9 Å². The number of nitrogens with two attached hydrogens (primary N) is 2. The van der Waals surface area contributed by atoms with E-state index >= 15 is 0 Å². The molecule has 16 heteroatoms. The van der Waals surface area contributed by atoms with Crippen molar-refractivity contribution in [2.24, 2.45) is 16.5 Å². The number of rotatable bonds is 12. The third-order valence-corrected chi connectivity index (χ3v) is 7.21. The summed E-state index contributed by atoms with van der Waals surface area (Å²) < 4.78 is 10.4. The van der Waals surface area contributed by atoms with Gasteiger partial charge in [-0.15, -0.1) is 0 Å². The number of ether oxygens (including phenoxy) is 1. The van der Waals surface area contributed by atoms with Gasteiger partial charge in [0.25, 0.3) is 0 Å². The van der Waals surface area contributed by atoms with Crippen molar-refractivity contribution in [2.45, 2.75) is 84.0 Å². The number of nitrogens with one attached hydrogen (secondary N) is 4. The molecule has 1 fully saturated rings. The summed E-state index contributed by atoms with van der Waals surface area (Å²) in [5.74, 6) is -2.28. The van der Waals surface area contributed by atoms with Gasteiger partial charge >= 0.3 is 11.7 Å². The van der Waals surface area contributed by atoms with Crippen LogP contribution in [0, 0.1) is 6.92 Å². The van der Waals surface area contributed by atoms with Crippen molar-refractivity contribution in [3.8, 4) is 0 Å². The molecule has 0 unspecified atom stereocenters. The van der Waals surface area contributed by atoms with Gasteiger partial charge < -0.3 is 46.8 Å². The van der Waals surface area contributed by atoms with Crippen LogP contribution in [0.3, 0.4) is 0 Å². The van der Waals surface area contributed by atoms with Gasteiger partial charge in [-0.3, -0.25) is 24.2 Å². The number of fused-ring (bicyclic) bond motifs is 1. The number of benzene rings is 1. The van der Waals surface area contributed by atoms with Gasteiger partial charge in [0.1, 0.15) is 29.3 Å². The molecule has 0 saturated carbocycles. The van der Waals surface area contributed by atoms with Crippen molar-refractivity contribution in [2.75, 3.05) is 25.0 Å². The molecule has 3 atom stereocenters. The highest BCUT2D eigenvalue weighted by Crippen LogP contribution is 2.22. The van der Waals surface area contributed by atoms with E-state index in [1.54, 1.807) is 39.8 Å². The van der Waals surface area contributed by atoms with Gasteiger partial charge in [-0.05, 0) is 78.0 Å². The quantitative estimate of drug-likeness (QED) is 0.0804. The van der Waals surface area contributed by atoms with Crippen LogP contribution in [0.2, 0.25) is 0 Å². The number of likely N-dealkylation sites (tertiary alicyclic amines) is 1. The lowest BCUT2D eigenvalue weighted by atomic mass is 10.1. The Morgan fingerprint density at radius 3 is 2.51 bits per heavy atom. The topological polar surface area (TPSA) is 241 Å². The Balaban J connectivity index is 1.65. The Labute approximate surface area is 272 Å². The van der Waals surface area contributed by atoms with Crippen LogP contribution in [0.15, 0.2) is 38.5 Å². The van der Waals surface area contributed by atoms with Crippen LogP contribution in [-0.2, 0) is 23.9 Å². The van der Waals surface area contributed by atoms with Crippen molar-refractivity contribution in [1.29, 1.82) is 0 Å². The average molecular weight is 657 g/mol. The molecule has 2 heterocycles. The molecule has 3 rings (SSSR count). The monoisotopic (exact) mass is 656 g/mol. The molecule has 16 nitrogen and oxygen atoms in total. The van der Waals surface area contributed by atoms with Gasteiger partial charge in [-0.1, -0.05) is 0 Å². The smallest absolute Gasteiger partial charge is 0.408 e. The summed E-state index contributed by atoms with van der Waals surface area (Å²) in [5.41, 5.74) is 10.9. The number of amides is 5. The minimum Gasteiger partial charge on any atom is -0.444 e. The summed E-state index contributed by atoms with van der Waals surface area (Å²) >= 11 is 0. The van der Waals surface area contributed by atoms with E-state index in [0.717, 1.165) is 5.56 Å². The van der Waals surface area contributed by atoms with E-state index in [2.05, 4.69) is 26.3 Å². The maximum absolute atomic E-state index is 13.4.